The van der Waals surface area contributed by atoms with Gasteiger partial charge in [-0.05, 0) is 42.8 Å². The monoisotopic (exact) mass is 259 g/mol. The zero-order chi connectivity index (χ0) is 13.5. The fourth-order valence-electron chi connectivity index (χ4n) is 1.64. The van der Waals surface area contributed by atoms with Crippen LogP contribution < -0.4 is 10.1 Å². The molecule has 0 radical (unpaired) electrons. The first kappa shape index (κ1) is 13.3. The van der Waals surface area contributed by atoms with Crippen LogP contribution in [0.15, 0.2) is 36.4 Å². The average molecular weight is 259 g/mol. The van der Waals surface area contributed by atoms with E-state index in [1.54, 1.807) is 7.11 Å². The summed E-state index contributed by atoms with van der Waals surface area (Å²) in [5.41, 5.74) is 1.81. The molecule has 0 atom stereocenters. The van der Waals surface area contributed by atoms with Crippen LogP contribution in [0.25, 0.3) is 11.3 Å². The van der Waals surface area contributed by atoms with Gasteiger partial charge in [-0.2, -0.15) is 0 Å². The lowest BCUT2D eigenvalue weighted by molar-refractivity contribution is 0.292. The summed E-state index contributed by atoms with van der Waals surface area (Å²) in [4.78, 5) is 0. The van der Waals surface area contributed by atoms with Gasteiger partial charge in [-0.25, -0.2) is 0 Å². The molecule has 0 aliphatic rings. The van der Waals surface area contributed by atoms with Crippen LogP contribution >= 0.6 is 0 Å². The van der Waals surface area contributed by atoms with E-state index < -0.39 is 0 Å². The molecular formula is C14H17N3O2. The van der Waals surface area contributed by atoms with E-state index in [-0.39, 0.29) is 6.61 Å². The Morgan fingerprint density at radius 3 is 2.47 bits per heavy atom. The van der Waals surface area contributed by atoms with E-state index >= 15 is 0 Å². The molecule has 2 aromatic rings. The van der Waals surface area contributed by atoms with Crippen molar-refractivity contribution in [1.29, 1.82) is 0 Å². The van der Waals surface area contributed by atoms with Gasteiger partial charge in [0.25, 0.3) is 0 Å². The molecule has 0 saturated carbocycles. The lowest BCUT2D eigenvalue weighted by atomic mass is 10.1. The zero-order valence-corrected chi connectivity index (χ0v) is 10.8. The molecule has 5 nitrogen and oxygen atoms in total. The van der Waals surface area contributed by atoms with Crippen molar-refractivity contribution in [2.75, 3.05) is 25.6 Å². The Morgan fingerprint density at radius 2 is 1.89 bits per heavy atom. The number of nitrogens with one attached hydrogen (secondary N) is 1. The van der Waals surface area contributed by atoms with Gasteiger partial charge in [0.1, 0.15) is 11.6 Å². The minimum absolute atomic E-state index is 0.171. The van der Waals surface area contributed by atoms with Crippen LogP contribution in [-0.2, 0) is 0 Å². The molecule has 0 bridgehead atoms. The minimum atomic E-state index is 0.171. The van der Waals surface area contributed by atoms with Crippen molar-refractivity contribution >= 4 is 5.82 Å². The summed E-state index contributed by atoms with van der Waals surface area (Å²) in [7, 11) is 1.64. The standard InChI is InChI=1S/C14H17N3O2/c1-19-12-5-3-11(4-6-12)13-7-8-14(17-16-13)15-9-2-10-18/h3-8,18H,2,9-10H2,1H3,(H,15,17). The number of nitrogens with zero attached hydrogens (tertiary/aromatic N) is 2. The van der Waals surface area contributed by atoms with E-state index in [0.29, 0.717) is 18.8 Å². The molecule has 100 valence electrons. The lowest BCUT2D eigenvalue weighted by Gasteiger charge is -2.05. The van der Waals surface area contributed by atoms with Gasteiger partial charge in [0.05, 0.1) is 12.8 Å². The van der Waals surface area contributed by atoms with Gasteiger partial charge in [0.2, 0.25) is 0 Å². The van der Waals surface area contributed by atoms with Crippen LogP contribution in [0, 0.1) is 0 Å². The Labute approximate surface area is 112 Å². The maximum atomic E-state index is 8.69. The molecule has 1 aromatic carbocycles. The summed E-state index contributed by atoms with van der Waals surface area (Å²) in [6.45, 7) is 0.859. The highest BCUT2D eigenvalue weighted by Gasteiger charge is 2.01. The van der Waals surface area contributed by atoms with Crippen molar-refractivity contribution in [3.63, 3.8) is 0 Å². The molecule has 2 rings (SSSR count). The van der Waals surface area contributed by atoms with E-state index in [0.717, 1.165) is 17.0 Å². The minimum Gasteiger partial charge on any atom is -0.497 e. The van der Waals surface area contributed by atoms with Crippen LogP contribution in [0.1, 0.15) is 6.42 Å². The summed E-state index contributed by atoms with van der Waals surface area (Å²) >= 11 is 0. The highest BCUT2D eigenvalue weighted by atomic mass is 16.5. The number of ether oxygens (including phenoxy) is 1. The van der Waals surface area contributed by atoms with Crippen LogP contribution in [0.5, 0.6) is 5.75 Å². The van der Waals surface area contributed by atoms with Gasteiger partial charge >= 0.3 is 0 Å². The Bertz CT molecular complexity index is 497. The second-order valence-electron chi connectivity index (χ2n) is 4.04. The van der Waals surface area contributed by atoms with E-state index in [1.165, 1.54) is 0 Å². The number of anilines is 1. The topological polar surface area (TPSA) is 67.3 Å². The highest BCUT2D eigenvalue weighted by Crippen LogP contribution is 2.20. The van der Waals surface area contributed by atoms with Crippen molar-refractivity contribution in [3.8, 4) is 17.0 Å². The van der Waals surface area contributed by atoms with Crippen LogP contribution in [0.2, 0.25) is 0 Å². The third kappa shape index (κ3) is 3.66. The smallest absolute Gasteiger partial charge is 0.148 e. The predicted molar refractivity (Wildman–Crippen MR) is 74.2 cm³/mol. The third-order valence-corrected chi connectivity index (χ3v) is 2.69. The summed E-state index contributed by atoms with van der Waals surface area (Å²) in [5, 5.41) is 20.0. The Hall–Kier alpha value is -2.14. The molecule has 5 heteroatoms. The van der Waals surface area contributed by atoms with Gasteiger partial charge in [-0.1, -0.05) is 0 Å². The number of hydrogen-bond acceptors (Lipinski definition) is 5. The number of aliphatic hydroxyl groups excluding tert-OH is 1. The molecule has 0 spiro atoms. The summed E-state index contributed by atoms with van der Waals surface area (Å²) < 4.78 is 5.11. The normalized spacial score (nSPS) is 10.2. The van der Waals surface area contributed by atoms with Crippen molar-refractivity contribution in [1.82, 2.24) is 10.2 Å². The number of aromatic nitrogens is 2. The quantitative estimate of drug-likeness (QED) is 0.776. The maximum absolute atomic E-state index is 8.69. The largest absolute Gasteiger partial charge is 0.497 e. The molecule has 1 aromatic heterocycles. The number of methoxy groups -OCH3 is 1. The van der Waals surface area contributed by atoms with Crippen LogP contribution in [0.3, 0.4) is 0 Å². The van der Waals surface area contributed by atoms with Crippen LogP contribution in [0.4, 0.5) is 5.82 Å². The number of hydrogen-bond donors (Lipinski definition) is 2. The number of benzene rings is 1. The Kier molecular flexibility index (Phi) is 4.69. The summed E-state index contributed by atoms with van der Waals surface area (Å²) in [6, 6.07) is 11.5. The van der Waals surface area contributed by atoms with Crippen molar-refractivity contribution in [3.05, 3.63) is 36.4 Å². The predicted octanol–water partition coefficient (Wildman–Crippen LogP) is 1.95. The molecule has 0 aliphatic heterocycles. The highest BCUT2D eigenvalue weighted by molar-refractivity contribution is 5.60. The first-order valence-electron chi connectivity index (χ1n) is 6.16. The lowest BCUT2D eigenvalue weighted by Crippen LogP contribution is -2.05. The number of rotatable bonds is 6. The van der Waals surface area contributed by atoms with Gasteiger partial charge in [0, 0.05) is 18.7 Å². The zero-order valence-electron chi connectivity index (χ0n) is 10.8. The first-order chi connectivity index (χ1) is 9.33. The molecule has 19 heavy (non-hydrogen) atoms. The van der Waals surface area contributed by atoms with Gasteiger partial charge < -0.3 is 15.2 Å². The van der Waals surface area contributed by atoms with Crippen LogP contribution in [-0.4, -0.2) is 35.6 Å². The second kappa shape index (κ2) is 6.70. The second-order valence-corrected chi connectivity index (χ2v) is 4.04. The van der Waals surface area contributed by atoms with E-state index in [4.69, 9.17) is 9.84 Å². The molecular weight excluding hydrogens is 242 g/mol. The summed E-state index contributed by atoms with van der Waals surface area (Å²) in [5.74, 6) is 1.53. The van der Waals surface area contributed by atoms with Crippen molar-refractivity contribution < 1.29 is 9.84 Å². The van der Waals surface area contributed by atoms with Crippen molar-refractivity contribution in [2.45, 2.75) is 6.42 Å². The molecule has 0 aliphatic carbocycles. The molecule has 1 heterocycles. The number of aliphatic hydroxyl groups is 1. The van der Waals surface area contributed by atoms with E-state index in [2.05, 4.69) is 15.5 Å². The van der Waals surface area contributed by atoms with E-state index in [1.807, 2.05) is 36.4 Å². The molecule has 2 N–H and O–H groups in total. The SMILES string of the molecule is COc1ccc(-c2ccc(NCCCO)nn2)cc1. The summed E-state index contributed by atoms with van der Waals surface area (Å²) in [6.07, 6.45) is 0.696. The van der Waals surface area contributed by atoms with Crippen molar-refractivity contribution in [2.24, 2.45) is 0 Å². The Balaban J connectivity index is 2.04. The van der Waals surface area contributed by atoms with Gasteiger partial charge in [-0.15, -0.1) is 10.2 Å². The molecule has 0 amide bonds. The fourth-order valence-corrected chi connectivity index (χ4v) is 1.64. The third-order valence-electron chi connectivity index (χ3n) is 2.69. The fraction of sp³-hybridized carbons (Fsp3) is 0.286. The maximum Gasteiger partial charge on any atom is 0.148 e. The molecule has 0 saturated heterocycles. The van der Waals surface area contributed by atoms with Gasteiger partial charge in [-0.3, -0.25) is 0 Å². The van der Waals surface area contributed by atoms with E-state index in [9.17, 15) is 0 Å². The first-order valence-corrected chi connectivity index (χ1v) is 6.16. The molecule has 0 unspecified atom stereocenters. The molecule has 0 fully saturated rings. The van der Waals surface area contributed by atoms with Gasteiger partial charge in [0.15, 0.2) is 0 Å². The average Bonchev–Trinajstić information content (AvgIpc) is 2.48. The Morgan fingerprint density at radius 1 is 1.11 bits per heavy atom.